The van der Waals surface area contributed by atoms with Crippen LogP contribution in [0, 0.1) is 6.92 Å². The Morgan fingerprint density at radius 2 is 1.54 bits per heavy atom. The summed E-state index contributed by atoms with van der Waals surface area (Å²) in [5, 5.41) is 0. The predicted octanol–water partition coefficient (Wildman–Crippen LogP) is 4.94. The first-order chi connectivity index (χ1) is 6.12. The van der Waals surface area contributed by atoms with E-state index in [1.165, 1.54) is 27.5 Å². The second kappa shape index (κ2) is 4.83. The molecule has 0 aromatic heterocycles. The van der Waals surface area contributed by atoms with Crippen molar-refractivity contribution in [3.05, 3.63) is 35.4 Å². The maximum Gasteiger partial charge on any atom is 0.113 e. The van der Waals surface area contributed by atoms with Crippen molar-refractivity contribution in [1.82, 2.24) is 0 Å². The highest BCUT2D eigenvalue weighted by Crippen LogP contribution is 2.49. The molecule has 0 bridgehead atoms. The number of hydrogen-bond donors (Lipinski definition) is 0. The molecule has 0 spiro atoms. The Hall–Kier alpha value is 0.500. The van der Waals surface area contributed by atoms with E-state index < -0.39 is 0 Å². The Morgan fingerprint density at radius 1 is 1.08 bits per heavy atom. The van der Waals surface area contributed by atoms with Crippen molar-refractivity contribution in [3.8, 4) is 0 Å². The van der Waals surface area contributed by atoms with E-state index in [1.54, 1.807) is 0 Å². The van der Waals surface area contributed by atoms with Gasteiger partial charge in [0.05, 0.1) is 0 Å². The van der Waals surface area contributed by atoms with Gasteiger partial charge < -0.3 is 0 Å². The first-order valence-electron chi connectivity index (χ1n) is 3.79. The van der Waals surface area contributed by atoms with Crippen LogP contribution in [0.4, 0.5) is 0 Å². The molecule has 0 aliphatic rings. The molecule has 0 unspecified atom stereocenters. The SMILES string of the molecule is Cc1ccc(C(C)(SCl)SCl)cc1. The molecular weight excluding hydrogens is 243 g/mol. The predicted molar refractivity (Wildman–Crippen MR) is 65.4 cm³/mol. The van der Waals surface area contributed by atoms with Crippen LogP contribution < -0.4 is 0 Å². The van der Waals surface area contributed by atoms with Gasteiger partial charge in [0, 0.05) is 0 Å². The Labute approximate surface area is 96.4 Å². The Bertz CT molecular complexity index is 267. The normalized spacial score (nSPS) is 11.7. The van der Waals surface area contributed by atoms with Crippen LogP contribution in [0.25, 0.3) is 0 Å². The van der Waals surface area contributed by atoms with E-state index in [4.69, 9.17) is 21.4 Å². The molecule has 4 heteroatoms. The van der Waals surface area contributed by atoms with Crippen molar-refractivity contribution >= 4 is 43.3 Å². The first kappa shape index (κ1) is 11.6. The van der Waals surface area contributed by atoms with Crippen LogP contribution in [-0.4, -0.2) is 0 Å². The third-order valence-electron chi connectivity index (χ3n) is 1.87. The lowest BCUT2D eigenvalue weighted by Crippen LogP contribution is -2.08. The molecular formula is C9H10Cl2S2. The van der Waals surface area contributed by atoms with Crippen molar-refractivity contribution in [3.63, 3.8) is 0 Å². The fraction of sp³-hybridized carbons (Fsp3) is 0.333. The van der Waals surface area contributed by atoms with Crippen molar-refractivity contribution in [1.29, 1.82) is 0 Å². The van der Waals surface area contributed by atoms with E-state index in [1.807, 2.05) is 6.92 Å². The molecule has 72 valence electrons. The van der Waals surface area contributed by atoms with Crippen LogP contribution >= 0.6 is 43.3 Å². The van der Waals surface area contributed by atoms with Gasteiger partial charge in [-0.1, -0.05) is 29.8 Å². The highest BCUT2D eigenvalue weighted by atomic mass is 35.7. The number of halogens is 2. The lowest BCUT2D eigenvalue weighted by molar-refractivity contribution is 1.03. The van der Waals surface area contributed by atoms with Crippen LogP contribution in [-0.2, 0) is 4.08 Å². The fourth-order valence-corrected chi connectivity index (χ4v) is 2.89. The molecule has 0 saturated heterocycles. The molecule has 0 aliphatic heterocycles. The van der Waals surface area contributed by atoms with Gasteiger partial charge in [-0.2, -0.15) is 0 Å². The van der Waals surface area contributed by atoms with E-state index in [9.17, 15) is 0 Å². The summed E-state index contributed by atoms with van der Waals surface area (Å²) in [6.07, 6.45) is 0. The maximum atomic E-state index is 5.79. The summed E-state index contributed by atoms with van der Waals surface area (Å²) in [6.45, 7) is 4.07. The number of rotatable bonds is 3. The van der Waals surface area contributed by atoms with Crippen LogP contribution in [0.2, 0.25) is 0 Å². The zero-order valence-electron chi connectivity index (χ0n) is 7.38. The molecule has 0 fully saturated rings. The van der Waals surface area contributed by atoms with Crippen LogP contribution in [0.1, 0.15) is 18.1 Å². The van der Waals surface area contributed by atoms with Crippen LogP contribution in [0.3, 0.4) is 0 Å². The average Bonchev–Trinajstić information content (AvgIpc) is 2.18. The largest absolute Gasteiger partial charge is 0.113 e. The van der Waals surface area contributed by atoms with Gasteiger partial charge in [-0.25, -0.2) is 0 Å². The molecule has 0 saturated carbocycles. The molecule has 1 rings (SSSR count). The van der Waals surface area contributed by atoms with E-state index in [0.29, 0.717) is 0 Å². The minimum Gasteiger partial charge on any atom is -0.0590 e. The summed E-state index contributed by atoms with van der Waals surface area (Å²) < 4.78 is -0.267. The lowest BCUT2D eigenvalue weighted by atomic mass is 10.1. The fourth-order valence-electron chi connectivity index (χ4n) is 0.957. The zero-order valence-corrected chi connectivity index (χ0v) is 10.5. The smallest absolute Gasteiger partial charge is 0.0590 e. The van der Waals surface area contributed by atoms with E-state index >= 15 is 0 Å². The van der Waals surface area contributed by atoms with Crippen molar-refractivity contribution in [2.24, 2.45) is 0 Å². The second-order valence-corrected chi connectivity index (χ2v) is 6.09. The molecule has 0 atom stereocenters. The van der Waals surface area contributed by atoms with Gasteiger partial charge in [0.1, 0.15) is 4.08 Å². The van der Waals surface area contributed by atoms with Gasteiger partial charge in [-0.15, -0.1) is 0 Å². The molecule has 0 nitrogen and oxygen atoms in total. The molecule has 0 heterocycles. The first-order valence-corrected chi connectivity index (χ1v) is 7.07. The summed E-state index contributed by atoms with van der Waals surface area (Å²) in [5.41, 5.74) is 2.38. The molecule has 1 aromatic carbocycles. The molecule has 0 radical (unpaired) electrons. The third-order valence-corrected chi connectivity index (χ3v) is 5.83. The topological polar surface area (TPSA) is 0 Å². The van der Waals surface area contributed by atoms with Gasteiger partial charge >= 0.3 is 0 Å². The van der Waals surface area contributed by atoms with E-state index in [-0.39, 0.29) is 4.08 Å². The standard InChI is InChI=1S/C9H10Cl2S2/c1-7-3-5-8(6-4-7)9(2,12-10)13-11/h3-6H,1-2H3. The zero-order chi connectivity index (χ0) is 9.90. The second-order valence-electron chi connectivity index (χ2n) is 2.97. The van der Waals surface area contributed by atoms with Gasteiger partial charge in [0.25, 0.3) is 0 Å². The lowest BCUT2D eigenvalue weighted by Gasteiger charge is -2.22. The van der Waals surface area contributed by atoms with E-state index in [2.05, 4.69) is 31.2 Å². The molecule has 1 aromatic rings. The van der Waals surface area contributed by atoms with Crippen LogP contribution in [0.15, 0.2) is 24.3 Å². The summed E-state index contributed by atoms with van der Waals surface area (Å²) in [5.74, 6) is 0. The Morgan fingerprint density at radius 3 is 1.92 bits per heavy atom. The van der Waals surface area contributed by atoms with Crippen LogP contribution in [0.5, 0.6) is 0 Å². The minimum absolute atomic E-state index is 0.267. The quantitative estimate of drug-likeness (QED) is 0.699. The number of aryl methyl sites for hydroxylation is 1. The van der Waals surface area contributed by atoms with Crippen molar-refractivity contribution in [2.45, 2.75) is 17.9 Å². The van der Waals surface area contributed by atoms with Crippen molar-refractivity contribution in [2.75, 3.05) is 0 Å². The van der Waals surface area contributed by atoms with E-state index in [0.717, 1.165) is 5.56 Å². The summed E-state index contributed by atoms with van der Waals surface area (Å²) in [6, 6.07) is 8.24. The van der Waals surface area contributed by atoms with Crippen molar-refractivity contribution < 1.29 is 0 Å². The maximum absolute atomic E-state index is 5.79. The number of hydrogen-bond acceptors (Lipinski definition) is 2. The molecule has 0 aliphatic carbocycles. The molecule has 13 heavy (non-hydrogen) atoms. The van der Waals surface area contributed by atoms with Gasteiger partial charge in [-0.05, 0) is 62.7 Å². The van der Waals surface area contributed by atoms with Gasteiger partial charge in [0.15, 0.2) is 0 Å². The average molecular weight is 253 g/mol. The summed E-state index contributed by atoms with van der Waals surface area (Å²) in [7, 11) is 14.1. The molecule has 0 amide bonds. The third kappa shape index (κ3) is 2.72. The van der Waals surface area contributed by atoms with Gasteiger partial charge in [-0.3, -0.25) is 0 Å². The minimum atomic E-state index is -0.267. The number of benzene rings is 1. The summed E-state index contributed by atoms with van der Waals surface area (Å²) >= 11 is 0. The Kier molecular flexibility index (Phi) is 4.30. The monoisotopic (exact) mass is 252 g/mol. The van der Waals surface area contributed by atoms with Gasteiger partial charge in [0.2, 0.25) is 0 Å². The highest BCUT2D eigenvalue weighted by molar-refractivity contribution is 8.36. The molecule has 0 N–H and O–H groups in total. The summed E-state index contributed by atoms with van der Waals surface area (Å²) in [4.78, 5) is 0. The Balaban J connectivity index is 2.99. The highest BCUT2D eigenvalue weighted by Gasteiger charge is 2.26.